The molecule has 12 heteroatoms. The molecule has 0 aromatic heterocycles. The maximum atomic E-state index is 9.99. The summed E-state index contributed by atoms with van der Waals surface area (Å²) in [6, 6.07) is 0. The van der Waals surface area contributed by atoms with E-state index < -0.39 is 15.4 Å². The third kappa shape index (κ3) is 11.1. The zero-order valence-electron chi connectivity index (χ0n) is 8.96. The second-order valence-corrected chi connectivity index (χ2v) is 5.33. The number of carbonyl (C=O) groups is 1. The van der Waals surface area contributed by atoms with E-state index in [0.717, 1.165) is 10.8 Å². The second-order valence-electron chi connectivity index (χ2n) is 2.55. The van der Waals surface area contributed by atoms with Crippen molar-refractivity contribution >= 4 is 28.1 Å². The van der Waals surface area contributed by atoms with Crippen molar-refractivity contribution in [3.63, 3.8) is 0 Å². The third-order valence-corrected chi connectivity index (χ3v) is 4.03. The molecule has 0 aliphatic heterocycles. The SMILES string of the molecule is O=COCCSSC(CO[N+](=O)[O-])CO[N+](=O)[O-]. The number of hydrogen-bond donors (Lipinski definition) is 0. The second kappa shape index (κ2) is 10.7. The topological polar surface area (TPSA) is 131 Å². The molecule has 0 unspecified atom stereocenters. The minimum Gasteiger partial charge on any atom is -0.467 e. The van der Waals surface area contributed by atoms with Crippen molar-refractivity contribution in [2.24, 2.45) is 0 Å². The largest absolute Gasteiger partial charge is 0.467 e. The van der Waals surface area contributed by atoms with Gasteiger partial charge in [0, 0.05) is 5.75 Å². The van der Waals surface area contributed by atoms with E-state index in [-0.39, 0.29) is 19.8 Å². The summed E-state index contributed by atoms with van der Waals surface area (Å²) in [5.41, 5.74) is 0. The molecule has 0 heterocycles. The number of ether oxygens (including phenoxy) is 1. The van der Waals surface area contributed by atoms with Gasteiger partial charge in [0.25, 0.3) is 16.6 Å². The zero-order chi connectivity index (χ0) is 13.8. The highest BCUT2D eigenvalue weighted by Crippen LogP contribution is 2.27. The van der Waals surface area contributed by atoms with Gasteiger partial charge in [0.1, 0.15) is 19.8 Å². The van der Waals surface area contributed by atoms with Crippen molar-refractivity contribution < 1.29 is 29.4 Å². The Bertz CT molecular complexity index is 260. The molecule has 18 heavy (non-hydrogen) atoms. The van der Waals surface area contributed by atoms with Gasteiger partial charge in [-0.2, -0.15) is 0 Å². The molecule has 0 amide bonds. The lowest BCUT2D eigenvalue weighted by molar-refractivity contribution is -0.765. The van der Waals surface area contributed by atoms with Gasteiger partial charge in [-0.15, -0.1) is 20.2 Å². The molecule has 0 aliphatic carbocycles. The monoisotopic (exact) mass is 302 g/mol. The van der Waals surface area contributed by atoms with E-state index in [1.54, 1.807) is 0 Å². The molecule has 0 fully saturated rings. The summed E-state index contributed by atoms with van der Waals surface area (Å²) in [5.74, 6) is 0.441. The normalized spacial score (nSPS) is 9.83. The quantitative estimate of drug-likeness (QED) is 0.163. The molecule has 0 aromatic rings. The van der Waals surface area contributed by atoms with E-state index in [4.69, 9.17) is 0 Å². The lowest BCUT2D eigenvalue weighted by atomic mass is 10.5. The standard InChI is InChI=1S/C6H10N2O8S2/c9-5-14-1-2-17-18-6(3-15-7(10)11)4-16-8(12)13/h5-6H,1-4H2. The first-order valence-corrected chi connectivity index (χ1v) is 6.82. The molecule has 0 N–H and O–H groups in total. The summed E-state index contributed by atoms with van der Waals surface area (Å²) < 4.78 is 4.42. The van der Waals surface area contributed by atoms with Crippen LogP contribution < -0.4 is 0 Å². The van der Waals surface area contributed by atoms with Crippen LogP contribution in [0, 0.1) is 20.2 Å². The van der Waals surface area contributed by atoms with Gasteiger partial charge in [-0.05, 0) is 0 Å². The van der Waals surface area contributed by atoms with E-state index in [2.05, 4.69) is 14.4 Å². The van der Waals surface area contributed by atoms with Gasteiger partial charge in [0.05, 0.1) is 5.25 Å². The summed E-state index contributed by atoms with van der Waals surface area (Å²) in [6.45, 7) is -0.172. The first kappa shape index (κ1) is 16.6. The molecule has 0 saturated heterocycles. The third-order valence-electron chi connectivity index (χ3n) is 1.29. The minimum atomic E-state index is -0.986. The number of nitrogens with zero attached hydrogens (tertiary/aromatic N) is 2. The van der Waals surface area contributed by atoms with Crippen LogP contribution in [0.2, 0.25) is 0 Å². The zero-order valence-corrected chi connectivity index (χ0v) is 10.6. The average Bonchev–Trinajstić information content (AvgIpc) is 2.30. The van der Waals surface area contributed by atoms with Crippen molar-refractivity contribution in [2.75, 3.05) is 25.6 Å². The Labute approximate surface area is 109 Å². The van der Waals surface area contributed by atoms with Crippen LogP contribution in [0.25, 0.3) is 0 Å². The van der Waals surface area contributed by atoms with Crippen LogP contribution in [0.5, 0.6) is 0 Å². The highest BCUT2D eigenvalue weighted by atomic mass is 33.1. The summed E-state index contributed by atoms with van der Waals surface area (Å²) in [6.07, 6.45) is 0. The van der Waals surface area contributed by atoms with Crippen molar-refractivity contribution in [3.8, 4) is 0 Å². The van der Waals surface area contributed by atoms with Gasteiger partial charge in [0.15, 0.2) is 0 Å². The van der Waals surface area contributed by atoms with Crippen LogP contribution in [0.3, 0.4) is 0 Å². The Hall–Kier alpha value is -1.43. The van der Waals surface area contributed by atoms with E-state index in [1.807, 2.05) is 0 Å². The fourth-order valence-electron chi connectivity index (χ4n) is 0.666. The molecule has 0 atom stereocenters. The summed E-state index contributed by atoms with van der Waals surface area (Å²) in [5, 5.41) is 17.4. The summed E-state index contributed by atoms with van der Waals surface area (Å²) >= 11 is 0. The van der Waals surface area contributed by atoms with Gasteiger partial charge < -0.3 is 14.4 Å². The Morgan fingerprint density at radius 3 is 2.17 bits per heavy atom. The fourth-order valence-corrected chi connectivity index (χ4v) is 2.76. The van der Waals surface area contributed by atoms with Crippen molar-refractivity contribution in [1.29, 1.82) is 0 Å². The van der Waals surface area contributed by atoms with Crippen molar-refractivity contribution in [3.05, 3.63) is 20.2 Å². The van der Waals surface area contributed by atoms with Crippen LogP contribution in [0.4, 0.5) is 0 Å². The molecule has 0 saturated carbocycles. The van der Waals surface area contributed by atoms with Crippen LogP contribution in [-0.2, 0) is 19.2 Å². The molecule has 0 rings (SSSR count). The van der Waals surface area contributed by atoms with Gasteiger partial charge in [-0.3, -0.25) is 4.79 Å². The molecule has 0 aliphatic rings. The van der Waals surface area contributed by atoms with Gasteiger partial charge in [-0.1, -0.05) is 21.6 Å². The smallest absolute Gasteiger partial charge is 0.294 e. The highest BCUT2D eigenvalue weighted by Gasteiger charge is 2.14. The van der Waals surface area contributed by atoms with Gasteiger partial charge >= 0.3 is 0 Å². The molecular weight excluding hydrogens is 292 g/mol. The van der Waals surface area contributed by atoms with Crippen LogP contribution in [0.15, 0.2) is 0 Å². The maximum Gasteiger partial charge on any atom is 0.294 e. The predicted octanol–water partition coefficient (Wildman–Crippen LogP) is 0.326. The van der Waals surface area contributed by atoms with Gasteiger partial charge in [0.2, 0.25) is 0 Å². The lowest BCUT2D eigenvalue weighted by Gasteiger charge is -2.12. The fraction of sp³-hybridized carbons (Fsp3) is 0.833. The van der Waals surface area contributed by atoms with Crippen LogP contribution in [0.1, 0.15) is 0 Å². The van der Waals surface area contributed by atoms with Crippen LogP contribution in [-0.4, -0.2) is 47.5 Å². The minimum absolute atomic E-state index is 0.181. The van der Waals surface area contributed by atoms with Gasteiger partial charge in [-0.25, -0.2) is 0 Å². The predicted molar refractivity (Wildman–Crippen MR) is 61.7 cm³/mol. The van der Waals surface area contributed by atoms with E-state index in [1.165, 1.54) is 10.8 Å². The van der Waals surface area contributed by atoms with E-state index in [0.29, 0.717) is 12.2 Å². The first-order chi connectivity index (χ1) is 8.56. The molecule has 0 bridgehead atoms. The first-order valence-electron chi connectivity index (χ1n) is 4.44. The Kier molecular flexibility index (Phi) is 9.86. The van der Waals surface area contributed by atoms with E-state index in [9.17, 15) is 25.0 Å². The van der Waals surface area contributed by atoms with Crippen LogP contribution >= 0.6 is 21.6 Å². The average molecular weight is 302 g/mol. The van der Waals surface area contributed by atoms with Crippen molar-refractivity contribution in [2.45, 2.75) is 5.25 Å². The lowest BCUT2D eigenvalue weighted by Crippen LogP contribution is -2.22. The Morgan fingerprint density at radius 2 is 1.72 bits per heavy atom. The van der Waals surface area contributed by atoms with Crippen molar-refractivity contribution in [1.82, 2.24) is 0 Å². The Balaban J connectivity index is 3.83. The van der Waals surface area contributed by atoms with E-state index >= 15 is 0 Å². The molecule has 0 spiro atoms. The molecule has 0 aromatic carbocycles. The summed E-state index contributed by atoms with van der Waals surface area (Å²) in [4.78, 5) is 38.0. The Morgan fingerprint density at radius 1 is 1.17 bits per heavy atom. The molecule has 104 valence electrons. The molecule has 0 radical (unpaired) electrons. The number of hydrogen-bond acceptors (Lipinski definition) is 10. The summed E-state index contributed by atoms with van der Waals surface area (Å²) in [7, 11) is 2.35. The number of rotatable bonds is 12. The highest BCUT2D eigenvalue weighted by molar-refractivity contribution is 8.77. The molecule has 10 nitrogen and oxygen atoms in total. The number of carbonyl (C=O) groups excluding carboxylic acids is 1. The molecular formula is C6H10N2O8S2. The maximum absolute atomic E-state index is 9.99.